The van der Waals surface area contributed by atoms with Crippen LogP contribution in [0.4, 0.5) is 0 Å². The molecule has 1 aromatic heterocycles. The number of nitrogens with zero attached hydrogens (tertiary/aromatic N) is 1. The van der Waals surface area contributed by atoms with E-state index in [0.717, 1.165) is 12.1 Å². The maximum atomic E-state index is 5.85. The van der Waals surface area contributed by atoms with Gasteiger partial charge in [0.1, 0.15) is 6.10 Å². The van der Waals surface area contributed by atoms with Crippen molar-refractivity contribution < 1.29 is 4.74 Å². The van der Waals surface area contributed by atoms with Crippen LogP contribution >= 0.6 is 0 Å². The van der Waals surface area contributed by atoms with Gasteiger partial charge in [0.2, 0.25) is 5.88 Å². The van der Waals surface area contributed by atoms with Gasteiger partial charge in [-0.05, 0) is 18.1 Å². The van der Waals surface area contributed by atoms with Gasteiger partial charge in [-0.15, -0.1) is 0 Å². The summed E-state index contributed by atoms with van der Waals surface area (Å²) in [5, 5.41) is 3.37. The summed E-state index contributed by atoms with van der Waals surface area (Å²) in [5.74, 6) is 0.662. The summed E-state index contributed by atoms with van der Waals surface area (Å²) in [6.45, 7) is 7.13. The second-order valence-electron chi connectivity index (χ2n) is 5.21. The molecule has 0 saturated heterocycles. The van der Waals surface area contributed by atoms with Gasteiger partial charge in [0, 0.05) is 24.8 Å². The van der Waals surface area contributed by atoms with Crippen molar-refractivity contribution in [1.29, 1.82) is 0 Å². The zero-order valence-electron chi connectivity index (χ0n) is 12.3. The molecule has 2 rings (SSSR count). The highest BCUT2D eigenvalue weighted by Crippen LogP contribution is 2.19. The SMILES string of the molecule is CC(C)NCc1ccc(OC(C)c2ccccc2)nc1. The minimum atomic E-state index is 0.00309. The lowest BCUT2D eigenvalue weighted by Crippen LogP contribution is -2.21. The average Bonchev–Trinajstić information content (AvgIpc) is 2.47. The Hall–Kier alpha value is -1.87. The van der Waals surface area contributed by atoms with E-state index in [4.69, 9.17) is 4.74 Å². The van der Waals surface area contributed by atoms with E-state index in [2.05, 4.69) is 42.3 Å². The van der Waals surface area contributed by atoms with Crippen LogP contribution in [-0.2, 0) is 6.54 Å². The van der Waals surface area contributed by atoms with Gasteiger partial charge in [-0.1, -0.05) is 50.2 Å². The van der Waals surface area contributed by atoms with Crippen molar-refractivity contribution in [3.05, 3.63) is 59.8 Å². The van der Waals surface area contributed by atoms with Gasteiger partial charge in [0.15, 0.2) is 0 Å². The maximum absolute atomic E-state index is 5.85. The summed E-state index contributed by atoms with van der Waals surface area (Å²) in [5.41, 5.74) is 2.32. The fourth-order valence-corrected chi connectivity index (χ4v) is 1.88. The number of rotatable bonds is 6. The van der Waals surface area contributed by atoms with Gasteiger partial charge in [-0.3, -0.25) is 0 Å². The van der Waals surface area contributed by atoms with E-state index in [-0.39, 0.29) is 6.10 Å². The van der Waals surface area contributed by atoms with Crippen LogP contribution in [0, 0.1) is 0 Å². The van der Waals surface area contributed by atoms with Gasteiger partial charge in [-0.2, -0.15) is 0 Å². The third-order valence-electron chi connectivity index (χ3n) is 3.08. The Bertz CT molecular complexity index is 508. The van der Waals surface area contributed by atoms with Gasteiger partial charge in [0.25, 0.3) is 0 Å². The number of ether oxygens (including phenoxy) is 1. The van der Waals surface area contributed by atoms with Crippen molar-refractivity contribution in [1.82, 2.24) is 10.3 Å². The Kier molecular flexibility index (Phi) is 5.13. The average molecular weight is 270 g/mol. The number of pyridine rings is 1. The second kappa shape index (κ2) is 7.06. The summed E-state index contributed by atoms with van der Waals surface area (Å²) in [6.07, 6.45) is 1.87. The molecule has 2 aromatic rings. The van der Waals surface area contributed by atoms with Crippen molar-refractivity contribution >= 4 is 0 Å². The highest BCUT2D eigenvalue weighted by Gasteiger charge is 2.07. The first-order valence-electron chi connectivity index (χ1n) is 7.05. The monoisotopic (exact) mass is 270 g/mol. The maximum Gasteiger partial charge on any atom is 0.213 e. The van der Waals surface area contributed by atoms with Gasteiger partial charge >= 0.3 is 0 Å². The highest BCUT2D eigenvalue weighted by molar-refractivity contribution is 5.21. The Morgan fingerprint density at radius 3 is 2.40 bits per heavy atom. The summed E-state index contributed by atoms with van der Waals surface area (Å²) < 4.78 is 5.85. The molecule has 3 heteroatoms. The summed E-state index contributed by atoms with van der Waals surface area (Å²) in [6, 6.07) is 14.6. The molecule has 1 unspecified atom stereocenters. The van der Waals surface area contributed by atoms with E-state index in [1.807, 2.05) is 37.4 Å². The van der Waals surface area contributed by atoms with E-state index in [9.17, 15) is 0 Å². The van der Waals surface area contributed by atoms with Crippen molar-refractivity contribution in [3.63, 3.8) is 0 Å². The summed E-state index contributed by atoms with van der Waals surface area (Å²) in [4.78, 5) is 4.36. The smallest absolute Gasteiger partial charge is 0.213 e. The molecule has 3 nitrogen and oxygen atoms in total. The zero-order chi connectivity index (χ0) is 14.4. The Morgan fingerprint density at radius 2 is 1.80 bits per heavy atom. The zero-order valence-corrected chi connectivity index (χ0v) is 12.3. The molecular weight excluding hydrogens is 248 g/mol. The van der Waals surface area contributed by atoms with Gasteiger partial charge in [-0.25, -0.2) is 4.98 Å². The van der Waals surface area contributed by atoms with Crippen LogP contribution in [0.2, 0.25) is 0 Å². The van der Waals surface area contributed by atoms with Crippen LogP contribution in [0.1, 0.15) is 38.0 Å². The molecular formula is C17H22N2O. The summed E-state index contributed by atoms with van der Waals surface area (Å²) >= 11 is 0. The Labute approximate surface area is 121 Å². The van der Waals surface area contributed by atoms with Crippen molar-refractivity contribution in [3.8, 4) is 5.88 Å². The standard InChI is InChI=1S/C17H22N2O/c1-13(2)18-11-15-9-10-17(19-12-15)20-14(3)16-7-5-4-6-8-16/h4-10,12-14,18H,11H2,1-3H3. The largest absolute Gasteiger partial charge is 0.470 e. The molecule has 0 bridgehead atoms. The summed E-state index contributed by atoms with van der Waals surface area (Å²) in [7, 11) is 0. The van der Waals surface area contributed by atoms with Crippen LogP contribution in [0.15, 0.2) is 48.7 Å². The third-order valence-corrected chi connectivity index (χ3v) is 3.08. The molecule has 106 valence electrons. The van der Waals surface area contributed by atoms with Crippen LogP contribution in [0.3, 0.4) is 0 Å². The minimum absolute atomic E-state index is 0.00309. The lowest BCUT2D eigenvalue weighted by molar-refractivity contribution is 0.217. The minimum Gasteiger partial charge on any atom is -0.470 e. The topological polar surface area (TPSA) is 34.1 Å². The predicted molar refractivity (Wildman–Crippen MR) is 81.7 cm³/mol. The molecule has 0 radical (unpaired) electrons. The lowest BCUT2D eigenvalue weighted by atomic mass is 10.1. The fraction of sp³-hybridized carbons (Fsp3) is 0.353. The van der Waals surface area contributed by atoms with Crippen LogP contribution < -0.4 is 10.1 Å². The van der Waals surface area contributed by atoms with E-state index >= 15 is 0 Å². The van der Waals surface area contributed by atoms with Gasteiger partial charge in [0.05, 0.1) is 0 Å². The van der Waals surface area contributed by atoms with Crippen LogP contribution in [0.25, 0.3) is 0 Å². The molecule has 1 atom stereocenters. The fourth-order valence-electron chi connectivity index (χ4n) is 1.88. The van der Waals surface area contributed by atoms with E-state index < -0.39 is 0 Å². The number of aromatic nitrogens is 1. The molecule has 1 N–H and O–H groups in total. The van der Waals surface area contributed by atoms with E-state index in [1.165, 1.54) is 5.56 Å². The molecule has 0 amide bonds. The molecule has 1 heterocycles. The molecule has 20 heavy (non-hydrogen) atoms. The van der Waals surface area contributed by atoms with Crippen molar-refractivity contribution in [2.45, 2.75) is 39.5 Å². The second-order valence-corrected chi connectivity index (χ2v) is 5.21. The van der Waals surface area contributed by atoms with Gasteiger partial charge < -0.3 is 10.1 Å². The molecule has 0 aliphatic carbocycles. The quantitative estimate of drug-likeness (QED) is 0.868. The number of benzene rings is 1. The first-order chi connectivity index (χ1) is 9.65. The van der Waals surface area contributed by atoms with E-state index in [1.54, 1.807) is 0 Å². The Balaban J connectivity index is 1.93. The molecule has 0 saturated carbocycles. The first kappa shape index (κ1) is 14.5. The van der Waals surface area contributed by atoms with E-state index in [0.29, 0.717) is 11.9 Å². The van der Waals surface area contributed by atoms with Crippen molar-refractivity contribution in [2.75, 3.05) is 0 Å². The highest BCUT2D eigenvalue weighted by atomic mass is 16.5. The number of nitrogens with one attached hydrogen (secondary N) is 1. The normalized spacial score (nSPS) is 12.4. The number of hydrogen-bond acceptors (Lipinski definition) is 3. The Morgan fingerprint density at radius 1 is 1.05 bits per heavy atom. The predicted octanol–water partition coefficient (Wildman–Crippen LogP) is 3.72. The first-order valence-corrected chi connectivity index (χ1v) is 7.05. The molecule has 0 spiro atoms. The molecule has 0 aliphatic heterocycles. The molecule has 0 fully saturated rings. The molecule has 1 aromatic carbocycles. The van der Waals surface area contributed by atoms with Crippen LogP contribution in [0.5, 0.6) is 5.88 Å². The number of hydrogen-bond donors (Lipinski definition) is 1. The van der Waals surface area contributed by atoms with Crippen molar-refractivity contribution in [2.24, 2.45) is 0 Å². The third kappa shape index (κ3) is 4.35. The lowest BCUT2D eigenvalue weighted by Gasteiger charge is -2.14. The van der Waals surface area contributed by atoms with Crippen LogP contribution in [-0.4, -0.2) is 11.0 Å². The molecule has 0 aliphatic rings.